The van der Waals surface area contributed by atoms with E-state index in [1.807, 2.05) is 0 Å². The number of aliphatic carboxylic acids is 1. The van der Waals surface area contributed by atoms with Crippen LogP contribution in [-0.2, 0) is 11.2 Å². The number of carbonyl (C=O) groups is 1. The molecule has 9 heteroatoms. The minimum absolute atomic E-state index is 0.0107. The Bertz CT molecular complexity index is 751. The maximum Gasteiger partial charge on any atom is 0.320 e. The monoisotopic (exact) mass is 409 g/mol. The summed E-state index contributed by atoms with van der Waals surface area (Å²) in [5.74, 6) is -0.780. The number of carboxylic acid groups (broad SMARTS) is 1. The number of hydrogen-bond donors (Lipinski definition) is 3. The fourth-order valence-electron chi connectivity index (χ4n) is 1.87. The number of nitrogens with two attached hydrogens (primary N) is 1. The van der Waals surface area contributed by atoms with Gasteiger partial charge in [-0.25, -0.2) is 0 Å². The predicted octanol–water partition coefficient (Wildman–Crippen LogP) is 4.75. The van der Waals surface area contributed by atoms with Crippen LogP contribution in [0.2, 0.25) is 20.1 Å². The molecular weight excluding hydrogens is 400 g/mol. The summed E-state index contributed by atoms with van der Waals surface area (Å²) in [5.41, 5.74) is 5.73. The van der Waals surface area contributed by atoms with E-state index in [4.69, 9.17) is 62.0 Å². The molecule has 0 amide bonds. The molecule has 0 heterocycles. The summed E-state index contributed by atoms with van der Waals surface area (Å²) >= 11 is 24.7. The Morgan fingerprint density at radius 2 is 1.54 bits per heavy atom. The molecule has 2 aromatic carbocycles. The van der Waals surface area contributed by atoms with Crippen molar-refractivity contribution in [2.24, 2.45) is 5.73 Å². The standard InChI is InChI=1S/C15H11Cl4NO4/c16-10-8(5-9(20)15(22)23)11(17)13(19)14(12(10)18)24-7-3-1-6(21)2-4-7/h1-4,9,21H,5,20H2,(H,22,23). The van der Waals surface area contributed by atoms with E-state index in [-0.39, 0.29) is 43.6 Å². The van der Waals surface area contributed by atoms with Crippen LogP contribution in [0.1, 0.15) is 5.56 Å². The van der Waals surface area contributed by atoms with Crippen LogP contribution in [0.3, 0.4) is 0 Å². The third kappa shape index (κ3) is 3.99. The van der Waals surface area contributed by atoms with Crippen molar-refractivity contribution in [3.63, 3.8) is 0 Å². The maximum absolute atomic E-state index is 10.9. The van der Waals surface area contributed by atoms with Crippen LogP contribution in [0.25, 0.3) is 0 Å². The molecule has 0 aromatic heterocycles. The Balaban J connectivity index is 2.44. The molecule has 0 radical (unpaired) electrons. The number of phenols is 1. The molecule has 0 aliphatic carbocycles. The normalized spacial score (nSPS) is 12.0. The molecule has 0 saturated heterocycles. The average molecular weight is 411 g/mol. The van der Waals surface area contributed by atoms with Crippen LogP contribution in [0.5, 0.6) is 17.2 Å². The van der Waals surface area contributed by atoms with Crippen LogP contribution in [0.15, 0.2) is 24.3 Å². The second-order valence-corrected chi connectivity index (χ2v) is 6.32. The van der Waals surface area contributed by atoms with Crippen LogP contribution in [0.4, 0.5) is 0 Å². The molecule has 128 valence electrons. The third-order valence-electron chi connectivity index (χ3n) is 3.11. The third-order valence-corrected chi connectivity index (χ3v) is 4.86. The Morgan fingerprint density at radius 3 is 2.00 bits per heavy atom. The molecule has 0 spiro atoms. The van der Waals surface area contributed by atoms with Gasteiger partial charge in [0.25, 0.3) is 0 Å². The smallest absolute Gasteiger partial charge is 0.320 e. The predicted molar refractivity (Wildman–Crippen MR) is 94.0 cm³/mol. The van der Waals surface area contributed by atoms with Crippen molar-refractivity contribution < 1.29 is 19.7 Å². The molecule has 0 fully saturated rings. The van der Waals surface area contributed by atoms with Gasteiger partial charge in [0.15, 0.2) is 5.75 Å². The minimum Gasteiger partial charge on any atom is -0.508 e. The fraction of sp³-hybridized carbons (Fsp3) is 0.133. The molecule has 24 heavy (non-hydrogen) atoms. The topological polar surface area (TPSA) is 92.8 Å². The SMILES string of the molecule is NC(Cc1c(Cl)c(Cl)c(Oc2ccc(O)cc2)c(Cl)c1Cl)C(=O)O. The number of rotatable bonds is 5. The summed E-state index contributed by atoms with van der Waals surface area (Å²) < 4.78 is 5.57. The number of carboxylic acids is 1. The van der Waals surface area contributed by atoms with E-state index in [2.05, 4.69) is 0 Å². The molecule has 2 rings (SSSR count). The van der Waals surface area contributed by atoms with E-state index in [0.717, 1.165) is 0 Å². The quantitative estimate of drug-likeness (QED) is 0.618. The van der Waals surface area contributed by atoms with E-state index >= 15 is 0 Å². The molecule has 0 bridgehead atoms. The first-order chi connectivity index (χ1) is 11.2. The van der Waals surface area contributed by atoms with Gasteiger partial charge in [-0.05, 0) is 29.8 Å². The lowest BCUT2D eigenvalue weighted by atomic mass is 10.1. The molecule has 0 saturated carbocycles. The van der Waals surface area contributed by atoms with Gasteiger partial charge in [0, 0.05) is 6.42 Å². The van der Waals surface area contributed by atoms with Gasteiger partial charge in [-0.2, -0.15) is 0 Å². The van der Waals surface area contributed by atoms with Crippen LogP contribution >= 0.6 is 46.4 Å². The van der Waals surface area contributed by atoms with Gasteiger partial charge in [-0.1, -0.05) is 46.4 Å². The molecule has 1 unspecified atom stereocenters. The van der Waals surface area contributed by atoms with Crippen molar-refractivity contribution in [3.8, 4) is 17.2 Å². The van der Waals surface area contributed by atoms with Crippen LogP contribution < -0.4 is 10.5 Å². The lowest BCUT2D eigenvalue weighted by Crippen LogP contribution is -2.32. The van der Waals surface area contributed by atoms with Gasteiger partial charge >= 0.3 is 5.97 Å². The Labute approximate surface area is 157 Å². The maximum atomic E-state index is 10.9. The summed E-state index contributed by atoms with van der Waals surface area (Å²) in [7, 11) is 0. The van der Waals surface area contributed by atoms with Crippen LogP contribution in [0, 0.1) is 0 Å². The van der Waals surface area contributed by atoms with Gasteiger partial charge in [-0.15, -0.1) is 0 Å². The molecule has 2 aromatic rings. The highest BCUT2D eigenvalue weighted by atomic mass is 35.5. The van der Waals surface area contributed by atoms with Crippen molar-refractivity contribution in [1.82, 2.24) is 0 Å². The van der Waals surface area contributed by atoms with Gasteiger partial charge in [-0.3, -0.25) is 4.79 Å². The van der Waals surface area contributed by atoms with E-state index in [0.29, 0.717) is 5.75 Å². The highest BCUT2D eigenvalue weighted by Crippen LogP contribution is 2.47. The molecule has 4 N–H and O–H groups in total. The first-order valence-electron chi connectivity index (χ1n) is 6.52. The zero-order valence-electron chi connectivity index (χ0n) is 11.9. The molecule has 5 nitrogen and oxygen atoms in total. The van der Waals surface area contributed by atoms with E-state index in [1.165, 1.54) is 24.3 Å². The summed E-state index contributed by atoms with van der Waals surface area (Å²) in [6, 6.07) is 4.62. The second kappa shape index (κ2) is 7.68. The molecule has 1 atom stereocenters. The minimum atomic E-state index is -1.21. The summed E-state index contributed by atoms with van der Waals surface area (Å²) in [6.07, 6.45) is -0.147. The summed E-state index contributed by atoms with van der Waals surface area (Å²) in [6.45, 7) is 0. The van der Waals surface area contributed by atoms with Gasteiger partial charge in [0.05, 0.1) is 10.0 Å². The highest BCUT2D eigenvalue weighted by Gasteiger charge is 2.25. The van der Waals surface area contributed by atoms with E-state index in [9.17, 15) is 9.90 Å². The largest absolute Gasteiger partial charge is 0.508 e. The molecule has 0 aliphatic heterocycles. The van der Waals surface area contributed by atoms with Crippen molar-refractivity contribution in [3.05, 3.63) is 49.9 Å². The Kier molecular flexibility index (Phi) is 6.06. The summed E-state index contributed by atoms with van der Waals surface area (Å²) in [5, 5.41) is 18.2. The van der Waals surface area contributed by atoms with Gasteiger partial charge < -0.3 is 20.7 Å². The van der Waals surface area contributed by atoms with E-state index in [1.54, 1.807) is 0 Å². The number of phenolic OH excluding ortho intramolecular Hbond substituents is 1. The van der Waals surface area contributed by atoms with Crippen molar-refractivity contribution in [1.29, 1.82) is 0 Å². The highest BCUT2D eigenvalue weighted by molar-refractivity contribution is 6.49. The second-order valence-electron chi connectivity index (χ2n) is 4.81. The first kappa shape index (κ1) is 19.0. The average Bonchev–Trinajstić information content (AvgIpc) is 2.55. The number of hydrogen-bond acceptors (Lipinski definition) is 4. The molecular formula is C15H11Cl4NO4. The van der Waals surface area contributed by atoms with Crippen molar-refractivity contribution in [2.75, 3.05) is 0 Å². The number of benzene rings is 2. The number of aromatic hydroxyl groups is 1. The number of halogens is 4. The van der Waals surface area contributed by atoms with Crippen molar-refractivity contribution >= 4 is 52.4 Å². The molecule has 0 aliphatic rings. The summed E-state index contributed by atoms with van der Waals surface area (Å²) in [4.78, 5) is 10.9. The zero-order chi connectivity index (χ0) is 18.0. The number of ether oxygens (including phenoxy) is 1. The van der Waals surface area contributed by atoms with E-state index < -0.39 is 12.0 Å². The fourth-order valence-corrected chi connectivity index (χ4v) is 2.97. The first-order valence-corrected chi connectivity index (χ1v) is 8.03. The Morgan fingerprint density at radius 1 is 1.04 bits per heavy atom. The zero-order valence-corrected chi connectivity index (χ0v) is 14.9. The van der Waals surface area contributed by atoms with Gasteiger partial charge in [0.2, 0.25) is 0 Å². The van der Waals surface area contributed by atoms with Crippen LogP contribution in [-0.4, -0.2) is 22.2 Å². The van der Waals surface area contributed by atoms with Gasteiger partial charge in [0.1, 0.15) is 27.6 Å². The lowest BCUT2D eigenvalue weighted by molar-refractivity contribution is -0.138. The van der Waals surface area contributed by atoms with Crippen molar-refractivity contribution in [2.45, 2.75) is 12.5 Å². The Hall–Kier alpha value is -1.37. The lowest BCUT2D eigenvalue weighted by Gasteiger charge is -2.17.